The summed E-state index contributed by atoms with van der Waals surface area (Å²) in [6.07, 6.45) is 0.613. The van der Waals surface area contributed by atoms with Crippen molar-refractivity contribution in [3.8, 4) is 11.3 Å². The molecule has 11 heteroatoms. The Morgan fingerprint density at radius 2 is 1.81 bits per heavy atom. The molecule has 0 aliphatic carbocycles. The summed E-state index contributed by atoms with van der Waals surface area (Å²) in [7, 11) is 0. The van der Waals surface area contributed by atoms with E-state index in [0.29, 0.717) is 40.8 Å². The first-order chi connectivity index (χ1) is 17.7. The number of benzene rings is 1. The van der Waals surface area contributed by atoms with E-state index < -0.39 is 41.3 Å². The Balaban J connectivity index is 1.44. The fourth-order valence-electron chi connectivity index (χ4n) is 4.11. The van der Waals surface area contributed by atoms with Crippen molar-refractivity contribution < 1.29 is 26.7 Å². The van der Waals surface area contributed by atoms with Crippen molar-refractivity contribution in [3.05, 3.63) is 101 Å². The van der Waals surface area contributed by atoms with Crippen molar-refractivity contribution >= 4 is 17.7 Å². The van der Waals surface area contributed by atoms with Crippen LogP contribution in [0.3, 0.4) is 0 Å². The number of hydrogen-bond acceptors (Lipinski definition) is 6. The Morgan fingerprint density at radius 3 is 2.62 bits per heavy atom. The number of alkyl halides is 3. The molecule has 1 aliphatic heterocycles. The van der Waals surface area contributed by atoms with E-state index in [9.17, 15) is 26.7 Å². The average molecular weight is 509 g/mol. The molecule has 6 nitrogen and oxygen atoms in total. The summed E-state index contributed by atoms with van der Waals surface area (Å²) in [6.45, 7) is 0. The molecule has 0 atom stereocenters. The number of nitrogens with zero attached hydrogens (tertiary/aromatic N) is 5. The molecule has 1 aliphatic rings. The van der Waals surface area contributed by atoms with E-state index in [4.69, 9.17) is 0 Å². The van der Waals surface area contributed by atoms with E-state index in [1.54, 1.807) is 18.5 Å². The Hall–Kier alpha value is -4.41. The normalized spacial score (nSPS) is 12.6. The molecule has 0 saturated heterocycles. The van der Waals surface area contributed by atoms with Crippen LogP contribution in [0.15, 0.2) is 60.1 Å². The second-order valence-corrected chi connectivity index (χ2v) is 8.25. The van der Waals surface area contributed by atoms with E-state index in [2.05, 4.69) is 24.9 Å². The summed E-state index contributed by atoms with van der Waals surface area (Å²) in [5, 5.41) is 0. The molecule has 0 spiro atoms. The highest BCUT2D eigenvalue weighted by Gasteiger charge is 2.37. The van der Waals surface area contributed by atoms with Crippen LogP contribution in [-0.2, 0) is 25.4 Å². The molecule has 0 unspecified atom stereocenters. The highest BCUT2D eigenvalue weighted by Crippen LogP contribution is 2.35. The number of pyridine rings is 2. The van der Waals surface area contributed by atoms with Crippen molar-refractivity contribution in [1.82, 2.24) is 19.9 Å². The van der Waals surface area contributed by atoms with Gasteiger partial charge in [-0.2, -0.15) is 13.2 Å². The van der Waals surface area contributed by atoms with Crippen LogP contribution >= 0.6 is 0 Å². The molecule has 0 amide bonds. The minimum Gasteiger partial charge on any atom is -0.294 e. The van der Waals surface area contributed by atoms with Gasteiger partial charge in [-0.1, -0.05) is 12.1 Å². The van der Waals surface area contributed by atoms with Crippen LogP contribution < -0.4 is 0 Å². The van der Waals surface area contributed by atoms with Gasteiger partial charge in [0.25, 0.3) is 0 Å². The standard InChI is InChI=1S/C26H16F5N5O/c27-18-4-3-14(10-15(18)12-21(37)17-5-8-34-25(22(17)28)26(29,30)31)11-20-16(2-1-7-32-20)23-24-19(6-9-33-24)35-13-36-23/h1-5,7-10,13H,6,11-12H2. The van der Waals surface area contributed by atoms with Crippen molar-refractivity contribution in [1.29, 1.82) is 0 Å². The van der Waals surface area contributed by atoms with Crippen LogP contribution in [0.2, 0.25) is 0 Å². The summed E-state index contributed by atoms with van der Waals surface area (Å²) < 4.78 is 67.9. The second-order valence-electron chi connectivity index (χ2n) is 8.25. The molecule has 4 aromatic rings. The maximum absolute atomic E-state index is 14.6. The van der Waals surface area contributed by atoms with Gasteiger partial charge in [-0.05, 0) is 35.4 Å². The summed E-state index contributed by atoms with van der Waals surface area (Å²) in [5.41, 5.74) is 1.27. The molecule has 186 valence electrons. The zero-order chi connectivity index (χ0) is 26.2. The molecule has 0 bridgehead atoms. The Bertz CT molecular complexity index is 1550. The van der Waals surface area contributed by atoms with Crippen LogP contribution in [0.25, 0.3) is 11.3 Å². The third-order valence-corrected chi connectivity index (χ3v) is 5.84. The fraction of sp³-hybridized carbons (Fsp3) is 0.154. The lowest BCUT2D eigenvalue weighted by Crippen LogP contribution is -2.16. The first-order valence-corrected chi connectivity index (χ1v) is 11.0. The van der Waals surface area contributed by atoms with Crippen LogP contribution in [0.5, 0.6) is 0 Å². The van der Waals surface area contributed by atoms with Gasteiger partial charge in [0.1, 0.15) is 23.5 Å². The molecule has 3 aromatic heterocycles. The van der Waals surface area contributed by atoms with E-state index in [1.165, 1.54) is 18.5 Å². The van der Waals surface area contributed by atoms with Gasteiger partial charge in [0.15, 0.2) is 17.3 Å². The number of Topliss-reactive ketones (excluding diaryl/α,β-unsaturated/α-hetero) is 1. The molecule has 5 rings (SSSR count). The molecule has 0 saturated carbocycles. The monoisotopic (exact) mass is 509 g/mol. The van der Waals surface area contributed by atoms with Gasteiger partial charge in [0, 0.05) is 43.4 Å². The van der Waals surface area contributed by atoms with E-state index in [-0.39, 0.29) is 12.0 Å². The van der Waals surface area contributed by atoms with Crippen LogP contribution in [0, 0.1) is 11.6 Å². The van der Waals surface area contributed by atoms with Crippen molar-refractivity contribution in [2.45, 2.75) is 25.4 Å². The number of halogens is 5. The zero-order valence-electron chi connectivity index (χ0n) is 18.9. The van der Waals surface area contributed by atoms with Gasteiger partial charge >= 0.3 is 6.18 Å². The molecular weight excluding hydrogens is 493 g/mol. The zero-order valence-corrected chi connectivity index (χ0v) is 18.9. The predicted molar refractivity (Wildman–Crippen MR) is 124 cm³/mol. The number of ketones is 1. The second kappa shape index (κ2) is 9.57. The lowest BCUT2D eigenvalue weighted by Gasteiger charge is -2.12. The third-order valence-electron chi connectivity index (χ3n) is 5.84. The van der Waals surface area contributed by atoms with Crippen LogP contribution in [0.4, 0.5) is 27.6 Å². The maximum Gasteiger partial charge on any atom is 0.436 e. The number of carbonyl (C=O) groups excluding carboxylic acids is 1. The largest absolute Gasteiger partial charge is 0.436 e. The molecule has 0 fully saturated rings. The predicted octanol–water partition coefficient (Wildman–Crippen LogP) is 5.51. The van der Waals surface area contributed by atoms with Gasteiger partial charge in [-0.3, -0.25) is 14.8 Å². The minimum atomic E-state index is -5.07. The molecular formula is C26H16F5N5O. The maximum atomic E-state index is 14.6. The minimum absolute atomic E-state index is 0.0859. The van der Waals surface area contributed by atoms with Crippen molar-refractivity contribution in [3.63, 3.8) is 0 Å². The number of rotatable bonds is 6. The molecule has 1 aromatic carbocycles. The first kappa shape index (κ1) is 24.3. The first-order valence-electron chi connectivity index (χ1n) is 11.0. The van der Waals surface area contributed by atoms with Crippen LogP contribution in [0.1, 0.15) is 38.6 Å². The Morgan fingerprint density at radius 1 is 0.973 bits per heavy atom. The van der Waals surface area contributed by atoms with E-state index in [1.807, 2.05) is 6.07 Å². The van der Waals surface area contributed by atoms with Crippen LogP contribution in [-0.4, -0.2) is 31.9 Å². The third kappa shape index (κ3) is 4.84. The summed E-state index contributed by atoms with van der Waals surface area (Å²) in [6, 6.07) is 8.50. The number of carbonyl (C=O) groups is 1. The smallest absolute Gasteiger partial charge is 0.294 e. The Kier molecular flexibility index (Phi) is 6.28. The summed E-state index contributed by atoms with van der Waals surface area (Å²) in [4.78, 5) is 33.0. The van der Waals surface area contributed by atoms with Gasteiger partial charge in [-0.15, -0.1) is 0 Å². The number of hydrogen-bond donors (Lipinski definition) is 0. The van der Waals surface area contributed by atoms with Gasteiger partial charge in [0.2, 0.25) is 0 Å². The number of fused-ring (bicyclic) bond motifs is 1. The quantitative estimate of drug-likeness (QED) is 0.253. The lowest BCUT2D eigenvalue weighted by atomic mass is 9.97. The van der Waals surface area contributed by atoms with E-state index in [0.717, 1.165) is 17.8 Å². The lowest BCUT2D eigenvalue weighted by molar-refractivity contribution is -0.143. The molecule has 37 heavy (non-hydrogen) atoms. The average Bonchev–Trinajstić information content (AvgIpc) is 3.35. The van der Waals surface area contributed by atoms with E-state index >= 15 is 0 Å². The van der Waals surface area contributed by atoms with Gasteiger partial charge in [0.05, 0.1) is 17.0 Å². The topological polar surface area (TPSA) is 81.0 Å². The van der Waals surface area contributed by atoms with Crippen molar-refractivity contribution in [2.24, 2.45) is 4.99 Å². The number of aromatic nitrogens is 4. The molecule has 0 radical (unpaired) electrons. The SMILES string of the molecule is O=C(Cc1cc(Cc2ncccc2-c2ncnc3c2N=CC3)ccc1F)c1ccnc(C(F)(F)F)c1F. The summed E-state index contributed by atoms with van der Waals surface area (Å²) >= 11 is 0. The number of aliphatic imine (C=N–C) groups is 1. The highest BCUT2D eigenvalue weighted by molar-refractivity contribution is 5.97. The molecule has 0 N–H and O–H groups in total. The fourth-order valence-corrected chi connectivity index (χ4v) is 4.11. The van der Waals surface area contributed by atoms with Gasteiger partial charge < -0.3 is 0 Å². The molecule has 4 heterocycles. The van der Waals surface area contributed by atoms with Gasteiger partial charge in [-0.25, -0.2) is 23.7 Å². The van der Waals surface area contributed by atoms with Crippen molar-refractivity contribution in [2.75, 3.05) is 0 Å². The summed E-state index contributed by atoms with van der Waals surface area (Å²) in [5.74, 6) is -3.53. The highest BCUT2D eigenvalue weighted by atomic mass is 19.4. The Labute approximate surface area is 207 Å².